The molecule has 0 saturated carbocycles. The summed E-state index contributed by atoms with van der Waals surface area (Å²) in [5, 5.41) is 10.1. The number of nitrogens with zero attached hydrogens (tertiary/aromatic N) is 1. The largest absolute Gasteiger partial charge is 1.00 e. The number of carbonyl (C=O) groups is 1. The Labute approximate surface area is 174 Å². The van der Waals surface area contributed by atoms with E-state index in [1.165, 1.54) is 16.1 Å². The van der Waals surface area contributed by atoms with Crippen molar-refractivity contribution >= 4 is 38.5 Å². The molecule has 0 aliphatic heterocycles. The maximum atomic E-state index is 13.0. The molecular weight excluding hydrogens is 373 g/mol. The minimum atomic E-state index is -3.83. The molecule has 0 spiro atoms. The van der Waals surface area contributed by atoms with Crippen LogP contribution in [0.1, 0.15) is 13.5 Å². The summed E-state index contributed by atoms with van der Waals surface area (Å²) in [5.74, 6) is -0.984. The van der Waals surface area contributed by atoms with Crippen LogP contribution in [0.4, 0.5) is 0 Å². The number of hydrogen-bond donors (Lipinski definition) is 1. The molecule has 126 valence electrons. The molecule has 0 atom stereocenters. The van der Waals surface area contributed by atoms with Gasteiger partial charge in [0.05, 0.1) is 16.8 Å². The first kappa shape index (κ1) is 20.0. The van der Waals surface area contributed by atoms with Crippen LogP contribution in [0.3, 0.4) is 0 Å². The first-order chi connectivity index (χ1) is 11.4. The van der Waals surface area contributed by atoms with Gasteiger partial charge in [0.25, 0.3) is 10.0 Å². The molecule has 2 aromatic carbocycles. The van der Waals surface area contributed by atoms with Crippen LogP contribution < -0.4 is 29.6 Å². The molecule has 0 radical (unpaired) electrons. The molecule has 0 unspecified atom stereocenters. The predicted octanol–water partition coefficient (Wildman–Crippen LogP) is 0.665. The van der Waals surface area contributed by atoms with Gasteiger partial charge in [-0.05, 0) is 42.8 Å². The summed E-state index contributed by atoms with van der Waals surface area (Å²) in [6, 6.07) is 14.6. The van der Waals surface area contributed by atoms with Crippen LogP contribution in [-0.2, 0) is 21.2 Å². The smallest absolute Gasteiger partial charge is 1.00 e. The molecule has 0 aliphatic carbocycles. The van der Waals surface area contributed by atoms with Crippen LogP contribution in [0.25, 0.3) is 10.9 Å². The fourth-order valence-electron chi connectivity index (χ4n) is 2.61. The second kappa shape index (κ2) is 7.93. The number of halogens is 1. The van der Waals surface area contributed by atoms with Crippen LogP contribution in [-0.4, -0.2) is 23.5 Å². The van der Waals surface area contributed by atoms with Gasteiger partial charge < -0.3 is 6.53 Å². The van der Waals surface area contributed by atoms with Crippen molar-refractivity contribution in [2.24, 2.45) is 0 Å². The molecule has 0 saturated heterocycles. The van der Waals surface area contributed by atoms with E-state index < -0.39 is 16.0 Å². The minimum Gasteiger partial charge on any atom is -1.00 e. The van der Waals surface area contributed by atoms with Gasteiger partial charge in [-0.25, -0.2) is 12.4 Å². The average molecular weight is 388 g/mol. The first-order valence-corrected chi connectivity index (χ1v) is 9.04. The summed E-state index contributed by atoms with van der Waals surface area (Å²) >= 11 is 5.99. The zero-order valence-electron chi connectivity index (χ0n) is 14.5. The molecule has 3 rings (SSSR count). The second-order valence-electron chi connectivity index (χ2n) is 5.32. The van der Waals surface area contributed by atoms with Crippen LogP contribution in [0.2, 0.25) is 5.02 Å². The third-order valence-corrected chi connectivity index (χ3v) is 5.68. The Hall–Kier alpha value is -1.31. The van der Waals surface area contributed by atoms with E-state index in [1.54, 1.807) is 42.5 Å². The van der Waals surface area contributed by atoms with Crippen molar-refractivity contribution in [3.63, 3.8) is 0 Å². The molecule has 0 bridgehead atoms. The van der Waals surface area contributed by atoms with E-state index in [0.29, 0.717) is 21.6 Å². The van der Waals surface area contributed by atoms with E-state index >= 15 is 0 Å². The molecular formula is C17H15ClNNaO4S. The van der Waals surface area contributed by atoms with Gasteiger partial charge in [0.1, 0.15) is 0 Å². The predicted molar refractivity (Wildman–Crippen MR) is 93.0 cm³/mol. The molecule has 8 heteroatoms. The third-order valence-electron chi connectivity index (χ3n) is 3.67. The van der Waals surface area contributed by atoms with Crippen molar-refractivity contribution < 1.29 is 49.3 Å². The maximum Gasteiger partial charge on any atom is 1.00 e. The van der Waals surface area contributed by atoms with E-state index in [9.17, 15) is 13.2 Å². The van der Waals surface area contributed by atoms with Crippen molar-refractivity contribution in [1.82, 2.24) is 3.97 Å². The van der Waals surface area contributed by atoms with Gasteiger partial charge in [-0.2, -0.15) is 0 Å². The van der Waals surface area contributed by atoms with Crippen LogP contribution in [0.15, 0.2) is 59.5 Å². The van der Waals surface area contributed by atoms with Crippen molar-refractivity contribution in [2.75, 3.05) is 0 Å². The number of carboxylic acids is 1. The summed E-state index contributed by atoms with van der Waals surface area (Å²) in [6.07, 6.45) is -0.0535. The number of carboxylic acid groups (broad SMARTS) is 1. The van der Waals surface area contributed by atoms with Gasteiger partial charge in [-0.1, -0.05) is 29.8 Å². The molecule has 1 heterocycles. The Morgan fingerprint density at radius 3 is 2.44 bits per heavy atom. The van der Waals surface area contributed by atoms with Crippen molar-refractivity contribution in [2.45, 2.75) is 17.7 Å². The van der Waals surface area contributed by atoms with Gasteiger partial charge in [-0.15, -0.1) is 0 Å². The maximum absolute atomic E-state index is 13.0. The Morgan fingerprint density at radius 1 is 1.12 bits per heavy atom. The molecule has 5 nitrogen and oxygen atoms in total. The van der Waals surface area contributed by atoms with E-state index in [2.05, 4.69) is 0 Å². The van der Waals surface area contributed by atoms with E-state index in [4.69, 9.17) is 16.7 Å². The SMILES string of the molecule is O=C(O)CCc1cc2cc(Cl)ccc2n1S(=O)(=O)c1ccccc1.[H-].[Na+]. The van der Waals surface area contributed by atoms with Crippen molar-refractivity contribution in [3.05, 3.63) is 65.3 Å². The monoisotopic (exact) mass is 387 g/mol. The average Bonchev–Trinajstić information content (AvgIpc) is 2.91. The van der Waals surface area contributed by atoms with Crippen LogP contribution in [0, 0.1) is 0 Å². The Balaban J connectivity index is 0.00000169. The number of hydrogen-bond acceptors (Lipinski definition) is 3. The summed E-state index contributed by atoms with van der Waals surface area (Å²) in [7, 11) is -3.83. The fourth-order valence-corrected chi connectivity index (χ4v) is 4.38. The second-order valence-corrected chi connectivity index (χ2v) is 7.54. The zero-order chi connectivity index (χ0) is 17.3. The first-order valence-electron chi connectivity index (χ1n) is 7.22. The molecule has 0 fully saturated rings. The Kier molecular flexibility index (Phi) is 6.35. The normalized spacial score (nSPS) is 11.2. The number of rotatable bonds is 5. The van der Waals surface area contributed by atoms with E-state index in [0.717, 1.165) is 0 Å². The standard InChI is InChI=1S/C17H14ClNO4S.Na.H/c18-13-6-8-16-12(10-13)11-14(7-9-17(20)21)19(16)24(22,23)15-4-2-1-3-5-15;;/h1-6,8,10-11H,7,9H2,(H,20,21);;/q;+1;-1. The van der Waals surface area contributed by atoms with E-state index in [-0.39, 0.29) is 48.7 Å². The zero-order valence-corrected chi connectivity index (χ0v) is 17.1. The number of fused-ring (bicyclic) bond motifs is 1. The van der Waals surface area contributed by atoms with Gasteiger partial charge in [-0.3, -0.25) is 4.79 Å². The van der Waals surface area contributed by atoms with Crippen LogP contribution in [0.5, 0.6) is 0 Å². The Morgan fingerprint density at radius 2 is 1.80 bits per heavy atom. The topological polar surface area (TPSA) is 76.4 Å². The molecule has 3 aromatic rings. The van der Waals surface area contributed by atoms with Crippen LogP contribution >= 0.6 is 11.6 Å². The number of aryl methyl sites for hydroxylation is 1. The molecule has 0 amide bonds. The van der Waals surface area contributed by atoms with Gasteiger partial charge in [0, 0.05) is 16.1 Å². The summed E-state index contributed by atoms with van der Waals surface area (Å²) in [5.41, 5.74) is 0.891. The summed E-state index contributed by atoms with van der Waals surface area (Å²) < 4.78 is 27.3. The minimum absolute atomic E-state index is 0. The Bertz CT molecular complexity index is 1020. The molecule has 0 aliphatic rings. The third kappa shape index (κ3) is 4.10. The summed E-state index contributed by atoms with van der Waals surface area (Å²) in [4.78, 5) is 11.0. The fraction of sp³-hybridized carbons (Fsp3) is 0.118. The number of aromatic nitrogens is 1. The van der Waals surface area contributed by atoms with Gasteiger partial charge >= 0.3 is 35.5 Å². The summed E-state index contributed by atoms with van der Waals surface area (Å²) in [6.45, 7) is 0. The number of aliphatic carboxylic acids is 1. The van der Waals surface area contributed by atoms with Crippen molar-refractivity contribution in [1.29, 1.82) is 0 Å². The van der Waals surface area contributed by atoms with Crippen molar-refractivity contribution in [3.8, 4) is 0 Å². The molecule has 1 N–H and O–H groups in total. The molecule has 25 heavy (non-hydrogen) atoms. The van der Waals surface area contributed by atoms with Gasteiger partial charge in [0.15, 0.2) is 0 Å². The van der Waals surface area contributed by atoms with Gasteiger partial charge in [0.2, 0.25) is 0 Å². The quantitative estimate of drug-likeness (QED) is 0.653. The van der Waals surface area contributed by atoms with E-state index in [1.807, 2.05) is 0 Å². The number of benzene rings is 2. The molecule has 1 aromatic heterocycles.